The monoisotopic (exact) mass is 474 g/mol. The fraction of sp³-hybridized carbons (Fsp3) is 0.550. The van der Waals surface area contributed by atoms with Gasteiger partial charge in [0.2, 0.25) is 0 Å². The van der Waals surface area contributed by atoms with Crippen molar-refractivity contribution in [1.82, 2.24) is 15.6 Å². The SMILES string of the molecule is C[C@H](CCCNc1cc(F)c(S(=O)(=O)Cc2nccs2)cc1Cl)NC[C@@H]1CCCN1. The highest BCUT2D eigenvalue weighted by Gasteiger charge is 2.23. The van der Waals surface area contributed by atoms with Gasteiger partial charge < -0.3 is 16.0 Å². The van der Waals surface area contributed by atoms with E-state index in [2.05, 4.69) is 27.9 Å². The number of hydrogen-bond acceptors (Lipinski definition) is 7. The second kappa shape index (κ2) is 10.9. The van der Waals surface area contributed by atoms with Crippen LogP contribution in [0.3, 0.4) is 0 Å². The quantitative estimate of drug-likeness (QED) is 0.429. The Morgan fingerprint density at radius 2 is 2.27 bits per heavy atom. The van der Waals surface area contributed by atoms with Crippen LogP contribution >= 0.6 is 22.9 Å². The summed E-state index contributed by atoms with van der Waals surface area (Å²) in [6.45, 7) is 4.86. The molecule has 2 atom stereocenters. The van der Waals surface area contributed by atoms with Crippen LogP contribution in [-0.2, 0) is 15.6 Å². The summed E-state index contributed by atoms with van der Waals surface area (Å²) < 4.78 is 39.6. The van der Waals surface area contributed by atoms with Crippen LogP contribution in [0.2, 0.25) is 5.02 Å². The van der Waals surface area contributed by atoms with Crippen molar-refractivity contribution in [1.29, 1.82) is 0 Å². The number of halogens is 2. The van der Waals surface area contributed by atoms with Gasteiger partial charge in [0, 0.05) is 36.8 Å². The molecule has 0 radical (unpaired) electrons. The van der Waals surface area contributed by atoms with E-state index in [0.717, 1.165) is 32.0 Å². The number of aromatic nitrogens is 1. The van der Waals surface area contributed by atoms with Crippen molar-refractivity contribution < 1.29 is 12.8 Å². The summed E-state index contributed by atoms with van der Waals surface area (Å²) in [4.78, 5) is 3.56. The van der Waals surface area contributed by atoms with Gasteiger partial charge in [0.05, 0.1) is 10.7 Å². The molecule has 1 saturated heterocycles. The Kier molecular flexibility index (Phi) is 8.47. The van der Waals surface area contributed by atoms with Gasteiger partial charge in [0.1, 0.15) is 21.5 Å². The third kappa shape index (κ3) is 6.62. The zero-order valence-corrected chi connectivity index (χ0v) is 19.3. The van der Waals surface area contributed by atoms with E-state index in [0.29, 0.717) is 29.3 Å². The van der Waals surface area contributed by atoms with Crippen LogP contribution in [0.25, 0.3) is 0 Å². The molecule has 1 aromatic carbocycles. The predicted octanol–water partition coefficient (Wildman–Crippen LogP) is 3.83. The standard InChI is InChI=1S/C20H28ClFN4O2S2/c1-14(26-12-15-5-3-6-23-15)4-2-7-24-18-11-17(22)19(10-16(18)21)30(27,28)13-20-25-8-9-29-20/h8-11,14-15,23-24,26H,2-7,12-13H2,1H3/t14-,15+/m1/s1. The van der Waals surface area contributed by atoms with Crippen LogP contribution in [0, 0.1) is 5.82 Å². The minimum absolute atomic E-state index is 0.188. The van der Waals surface area contributed by atoms with Gasteiger partial charge >= 0.3 is 0 Å². The average Bonchev–Trinajstić information content (AvgIpc) is 3.39. The molecular weight excluding hydrogens is 447 g/mol. The Morgan fingerprint density at radius 3 is 2.97 bits per heavy atom. The van der Waals surface area contributed by atoms with Gasteiger partial charge in [-0.2, -0.15) is 0 Å². The Hall–Kier alpha value is -1.26. The number of hydrogen-bond donors (Lipinski definition) is 3. The zero-order valence-electron chi connectivity index (χ0n) is 17.0. The Morgan fingerprint density at radius 1 is 1.43 bits per heavy atom. The van der Waals surface area contributed by atoms with Crippen molar-refractivity contribution in [2.24, 2.45) is 0 Å². The first kappa shape index (κ1) is 23.4. The highest BCUT2D eigenvalue weighted by molar-refractivity contribution is 7.90. The molecule has 0 unspecified atom stereocenters. The number of anilines is 1. The topological polar surface area (TPSA) is 83.1 Å². The highest BCUT2D eigenvalue weighted by atomic mass is 35.5. The number of nitrogens with one attached hydrogen (secondary N) is 3. The lowest BCUT2D eigenvalue weighted by molar-refractivity contribution is 0.456. The molecule has 1 aliphatic rings. The summed E-state index contributed by atoms with van der Waals surface area (Å²) in [5, 5.41) is 12.4. The molecule has 166 valence electrons. The molecule has 0 bridgehead atoms. The number of thiazole rings is 1. The van der Waals surface area contributed by atoms with Crippen LogP contribution in [0.15, 0.2) is 28.6 Å². The van der Waals surface area contributed by atoms with Gasteiger partial charge in [-0.05, 0) is 51.3 Å². The van der Waals surface area contributed by atoms with Gasteiger partial charge in [-0.15, -0.1) is 11.3 Å². The lowest BCUT2D eigenvalue weighted by Gasteiger charge is -2.18. The van der Waals surface area contributed by atoms with Crippen LogP contribution in [0.1, 0.15) is 37.6 Å². The molecule has 2 heterocycles. The van der Waals surface area contributed by atoms with Crippen molar-refractivity contribution in [2.75, 3.05) is 25.0 Å². The minimum Gasteiger partial charge on any atom is -0.384 e. The molecule has 2 aromatic rings. The van der Waals surface area contributed by atoms with Gasteiger partial charge in [-0.3, -0.25) is 0 Å². The maximum absolute atomic E-state index is 14.5. The molecular formula is C20H28ClFN4O2S2. The highest BCUT2D eigenvalue weighted by Crippen LogP contribution is 2.30. The molecule has 1 fully saturated rings. The Bertz CT molecular complexity index is 919. The summed E-state index contributed by atoms with van der Waals surface area (Å²) >= 11 is 7.44. The number of benzene rings is 1. The van der Waals surface area contributed by atoms with E-state index in [4.69, 9.17) is 11.6 Å². The summed E-state index contributed by atoms with van der Waals surface area (Å²) in [5.41, 5.74) is 0.401. The number of nitrogens with zero attached hydrogens (tertiary/aromatic N) is 1. The molecule has 0 amide bonds. The minimum atomic E-state index is -3.86. The lowest BCUT2D eigenvalue weighted by Crippen LogP contribution is -2.38. The van der Waals surface area contributed by atoms with Crippen LogP contribution in [-0.4, -0.2) is 45.1 Å². The Labute approximate surface area is 186 Å². The van der Waals surface area contributed by atoms with E-state index in [1.165, 1.54) is 36.4 Å². The van der Waals surface area contributed by atoms with Crippen molar-refractivity contribution >= 4 is 38.5 Å². The largest absolute Gasteiger partial charge is 0.384 e. The molecule has 3 N–H and O–H groups in total. The number of rotatable bonds is 11. The smallest absolute Gasteiger partial charge is 0.187 e. The second-order valence-corrected chi connectivity index (χ2v) is 11.0. The molecule has 0 saturated carbocycles. The van der Waals surface area contributed by atoms with E-state index in [-0.39, 0.29) is 10.8 Å². The molecule has 3 rings (SSSR count). The zero-order chi connectivity index (χ0) is 21.6. The lowest BCUT2D eigenvalue weighted by atomic mass is 10.1. The second-order valence-electron chi connectivity index (χ2n) is 7.62. The summed E-state index contributed by atoms with van der Waals surface area (Å²) in [6, 6.07) is 3.29. The molecule has 10 heteroatoms. The van der Waals surface area contributed by atoms with E-state index >= 15 is 0 Å². The molecule has 0 aliphatic carbocycles. The summed E-state index contributed by atoms with van der Waals surface area (Å²) in [5.74, 6) is -1.15. The van der Waals surface area contributed by atoms with E-state index in [1.54, 1.807) is 5.38 Å². The maximum atomic E-state index is 14.5. The van der Waals surface area contributed by atoms with Crippen molar-refractivity contribution in [2.45, 2.75) is 55.3 Å². The number of sulfone groups is 1. The van der Waals surface area contributed by atoms with Crippen LogP contribution < -0.4 is 16.0 Å². The third-order valence-electron chi connectivity index (χ3n) is 5.16. The van der Waals surface area contributed by atoms with Gasteiger partial charge in [0.15, 0.2) is 9.84 Å². The van der Waals surface area contributed by atoms with Crippen LogP contribution in [0.4, 0.5) is 10.1 Å². The van der Waals surface area contributed by atoms with Crippen LogP contribution in [0.5, 0.6) is 0 Å². The van der Waals surface area contributed by atoms with E-state index in [9.17, 15) is 12.8 Å². The van der Waals surface area contributed by atoms with Crippen molar-refractivity contribution in [3.8, 4) is 0 Å². The average molecular weight is 475 g/mol. The van der Waals surface area contributed by atoms with Gasteiger partial charge in [0.25, 0.3) is 0 Å². The Balaban J connectivity index is 1.49. The predicted molar refractivity (Wildman–Crippen MR) is 121 cm³/mol. The fourth-order valence-corrected chi connectivity index (χ4v) is 6.12. The van der Waals surface area contributed by atoms with Crippen molar-refractivity contribution in [3.63, 3.8) is 0 Å². The molecule has 1 aliphatic heterocycles. The van der Waals surface area contributed by atoms with E-state index in [1.807, 2.05) is 0 Å². The normalized spacial score (nSPS) is 17.9. The molecule has 30 heavy (non-hydrogen) atoms. The molecule has 6 nitrogen and oxygen atoms in total. The van der Waals surface area contributed by atoms with Crippen molar-refractivity contribution in [3.05, 3.63) is 39.6 Å². The first-order chi connectivity index (χ1) is 14.3. The van der Waals surface area contributed by atoms with E-state index < -0.39 is 20.5 Å². The molecule has 0 spiro atoms. The first-order valence-electron chi connectivity index (χ1n) is 10.2. The molecule has 1 aromatic heterocycles. The van der Waals surface area contributed by atoms with Gasteiger partial charge in [-0.25, -0.2) is 17.8 Å². The summed E-state index contributed by atoms with van der Waals surface area (Å²) in [7, 11) is -3.86. The maximum Gasteiger partial charge on any atom is 0.187 e. The third-order valence-corrected chi connectivity index (χ3v) is 8.07. The fourth-order valence-electron chi connectivity index (χ4n) is 3.47. The first-order valence-corrected chi connectivity index (χ1v) is 13.1. The van der Waals surface area contributed by atoms with Gasteiger partial charge in [-0.1, -0.05) is 11.6 Å². The summed E-state index contributed by atoms with van der Waals surface area (Å²) in [6.07, 6.45) is 5.84.